The van der Waals surface area contributed by atoms with Gasteiger partial charge in [-0.1, -0.05) is 0 Å². The number of fused-ring (bicyclic) bond motifs is 1. The molecule has 3 heterocycles. The monoisotopic (exact) mass is 434 g/mol. The van der Waals surface area contributed by atoms with Gasteiger partial charge in [-0.05, 0) is 52.0 Å². The minimum atomic E-state index is -0.752. The van der Waals surface area contributed by atoms with E-state index >= 15 is 0 Å². The molecule has 1 aromatic rings. The summed E-state index contributed by atoms with van der Waals surface area (Å²) in [6, 6.07) is 3.13. The molecule has 2 aliphatic rings. The van der Waals surface area contributed by atoms with Crippen LogP contribution in [0.2, 0.25) is 0 Å². The maximum Gasteiger partial charge on any atom is 0.254 e. The lowest BCUT2D eigenvalue weighted by Crippen LogP contribution is -2.57. The van der Waals surface area contributed by atoms with Gasteiger partial charge in [0, 0.05) is 31.0 Å². The van der Waals surface area contributed by atoms with Crippen LogP contribution in [0.3, 0.4) is 0 Å². The molecular weight excluding hydrogens is 400 g/mol. The molecule has 4 atom stereocenters. The average molecular weight is 435 g/mol. The second-order valence-electron chi connectivity index (χ2n) is 8.54. The van der Waals surface area contributed by atoms with Crippen molar-refractivity contribution in [3.05, 3.63) is 30.1 Å². The summed E-state index contributed by atoms with van der Waals surface area (Å²) in [4.78, 5) is 33.2. The predicted octanol–water partition coefficient (Wildman–Crippen LogP) is 0.289. The van der Waals surface area contributed by atoms with Crippen molar-refractivity contribution >= 4 is 11.8 Å². The van der Waals surface area contributed by atoms with Crippen molar-refractivity contribution in [2.75, 3.05) is 46.9 Å². The van der Waals surface area contributed by atoms with Gasteiger partial charge in [-0.25, -0.2) is 0 Å². The van der Waals surface area contributed by atoms with Crippen LogP contribution >= 0.6 is 0 Å². The minimum absolute atomic E-state index is 0.0193. The highest BCUT2D eigenvalue weighted by molar-refractivity contribution is 5.94. The Hall–Kier alpha value is -2.07. The number of ether oxygens (including phenoxy) is 2. The van der Waals surface area contributed by atoms with Crippen molar-refractivity contribution in [1.29, 1.82) is 0 Å². The van der Waals surface area contributed by atoms with Gasteiger partial charge in [-0.2, -0.15) is 0 Å². The largest absolute Gasteiger partial charge is 0.389 e. The zero-order valence-corrected chi connectivity index (χ0v) is 18.4. The zero-order valence-electron chi connectivity index (χ0n) is 18.4. The van der Waals surface area contributed by atoms with Crippen LogP contribution in [0, 0.1) is 0 Å². The van der Waals surface area contributed by atoms with Crippen LogP contribution < -0.4 is 5.32 Å². The molecule has 3 rings (SSSR count). The molecule has 2 fully saturated rings. The first-order valence-corrected chi connectivity index (χ1v) is 11.0. The van der Waals surface area contributed by atoms with Crippen LogP contribution in [-0.4, -0.2) is 103 Å². The van der Waals surface area contributed by atoms with Gasteiger partial charge in [0.15, 0.2) is 0 Å². The van der Waals surface area contributed by atoms with Gasteiger partial charge in [0.05, 0.1) is 37.9 Å². The summed E-state index contributed by atoms with van der Waals surface area (Å²) in [6.45, 7) is 2.18. The number of rotatable bonds is 7. The van der Waals surface area contributed by atoms with Crippen LogP contribution in [-0.2, 0) is 14.3 Å². The Morgan fingerprint density at radius 2 is 2.03 bits per heavy atom. The first-order valence-electron chi connectivity index (χ1n) is 11.0. The molecule has 2 N–H and O–H groups in total. The standard InChI is InChI=1S/C22H34N4O5/c1-25(2)11-3-8-24-21(28)12-18-4-5-19-20(31-18)15-30-14-17(27)13-26(19)22(29)16-6-9-23-10-7-16/h6-7,9-10,17-20,27H,3-5,8,11-15H2,1-2H3,(H,24,28)/t17-,18-,19+,20-/m0/s1. The molecule has 1 aromatic heterocycles. The number of carbonyl (C=O) groups excluding carboxylic acids is 2. The summed E-state index contributed by atoms with van der Waals surface area (Å²) in [7, 11) is 4.01. The lowest BCUT2D eigenvalue weighted by Gasteiger charge is -2.44. The van der Waals surface area contributed by atoms with Gasteiger partial charge >= 0.3 is 0 Å². The molecular formula is C22H34N4O5. The van der Waals surface area contributed by atoms with Gasteiger partial charge in [0.25, 0.3) is 5.91 Å². The number of pyridine rings is 1. The van der Waals surface area contributed by atoms with Crippen molar-refractivity contribution in [1.82, 2.24) is 20.1 Å². The number of β-amino-alcohol motifs (C(OH)–C–C–N with tert-alkyl or cyclic N) is 1. The summed E-state index contributed by atoms with van der Waals surface area (Å²) in [5.74, 6) is -0.173. The minimum Gasteiger partial charge on any atom is -0.389 e. The molecule has 0 radical (unpaired) electrons. The Morgan fingerprint density at radius 1 is 1.26 bits per heavy atom. The number of hydrogen-bond acceptors (Lipinski definition) is 7. The molecule has 9 heteroatoms. The highest BCUT2D eigenvalue weighted by atomic mass is 16.5. The number of nitrogens with one attached hydrogen (secondary N) is 1. The number of nitrogens with zero attached hydrogens (tertiary/aromatic N) is 3. The lowest BCUT2D eigenvalue weighted by molar-refractivity contribution is -0.150. The molecule has 2 amide bonds. The molecule has 2 aliphatic heterocycles. The summed E-state index contributed by atoms with van der Waals surface area (Å²) in [5, 5.41) is 13.2. The third-order valence-corrected chi connectivity index (χ3v) is 5.69. The van der Waals surface area contributed by atoms with Crippen LogP contribution in [0.4, 0.5) is 0 Å². The number of aromatic nitrogens is 1. The fourth-order valence-corrected chi connectivity index (χ4v) is 4.14. The van der Waals surface area contributed by atoms with Crippen molar-refractivity contribution in [2.45, 2.75) is 50.0 Å². The second kappa shape index (κ2) is 11.5. The molecule has 0 unspecified atom stereocenters. The van der Waals surface area contributed by atoms with E-state index in [1.807, 2.05) is 14.1 Å². The maximum absolute atomic E-state index is 13.1. The van der Waals surface area contributed by atoms with E-state index in [4.69, 9.17) is 9.47 Å². The Balaban J connectivity index is 1.59. The Morgan fingerprint density at radius 3 is 2.77 bits per heavy atom. The van der Waals surface area contributed by atoms with Crippen molar-refractivity contribution in [3.63, 3.8) is 0 Å². The van der Waals surface area contributed by atoms with E-state index in [-0.39, 0.29) is 49.8 Å². The lowest BCUT2D eigenvalue weighted by atomic mass is 9.94. The Kier molecular flexibility index (Phi) is 8.77. The van der Waals surface area contributed by atoms with E-state index in [9.17, 15) is 14.7 Å². The van der Waals surface area contributed by atoms with Gasteiger partial charge in [-0.3, -0.25) is 14.6 Å². The molecule has 172 valence electrons. The summed E-state index contributed by atoms with van der Waals surface area (Å²) in [6.07, 6.45) is 4.43. The fourth-order valence-electron chi connectivity index (χ4n) is 4.14. The second-order valence-corrected chi connectivity index (χ2v) is 8.54. The highest BCUT2D eigenvalue weighted by Crippen LogP contribution is 2.28. The van der Waals surface area contributed by atoms with E-state index in [0.717, 1.165) is 13.0 Å². The molecule has 0 aromatic carbocycles. The van der Waals surface area contributed by atoms with E-state index in [1.54, 1.807) is 29.4 Å². The van der Waals surface area contributed by atoms with Gasteiger partial charge in [0.1, 0.15) is 6.10 Å². The SMILES string of the molecule is CN(C)CCCNC(=O)C[C@@H]1CC[C@@H]2[C@H](COC[C@@H](O)CN2C(=O)c2ccncc2)O1. The van der Waals surface area contributed by atoms with Gasteiger partial charge in [-0.15, -0.1) is 0 Å². The van der Waals surface area contributed by atoms with Crippen molar-refractivity contribution in [3.8, 4) is 0 Å². The summed E-state index contributed by atoms with van der Waals surface area (Å²) >= 11 is 0. The summed E-state index contributed by atoms with van der Waals surface area (Å²) in [5.41, 5.74) is 0.529. The number of aliphatic hydroxyl groups is 1. The molecule has 0 saturated carbocycles. The van der Waals surface area contributed by atoms with Gasteiger partial charge in [0.2, 0.25) is 5.91 Å². The van der Waals surface area contributed by atoms with E-state index in [1.165, 1.54) is 0 Å². The van der Waals surface area contributed by atoms with Gasteiger partial charge < -0.3 is 29.7 Å². The van der Waals surface area contributed by atoms with Crippen molar-refractivity contribution < 1.29 is 24.2 Å². The van der Waals surface area contributed by atoms with Crippen molar-refractivity contribution in [2.24, 2.45) is 0 Å². The normalized spacial score (nSPS) is 26.6. The van der Waals surface area contributed by atoms with Crippen LogP contribution in [0.25, 0.3) is 0 Å². The number of amides is 2. The summed E-state index contributed by atoms with van der Waals surface area (Å²) < 4.78 is 11.8. The molecule has 0 aliphatic carbocycles. The van der Waals surface area contributed by atoms with Crippen LogP contribution in [0.5, 0.6) is 0 Å². The van der Waals surface area contributed by atoms with Crippen LogP contribution in [0.1, 0.15) is 36.0 Å². The van der Waals surface area contributed by atoms with E-state index < -0.39 is 6.10 Å². The Bertz CT molecular complexity index is 717. The first kappa shape index (κ1) is 23.6. The molecule has 2 saturated heterocycles. The fraction of sp³-hybridized carbons (Fsp3) is 0.682. The topological polar surface area (TPSA) is 104 Å². The maximum atomic E-state index is 13.1. The van der Waals surface area contributed by atoms with E-state index in [2.05, 4.69) is 15.2 Å². The number of carbonyl (C=O) groups is 2. The zero-order chi connectivity index (χ0) is 22.2. The van der Waals surface area contributed by atoms with E-state index in [0.29, 0.717) is 31.4 Å². The quantitative estimate of drug-likeness (QED) is 0.595. The first-order chi connectivity index (χ1) is 14.9. The smallest absolute Gasteiger partial charge is 0.254 e. The third kappa shape index (κ3) is 6.96. The molecule has 0 bridgehead atoms. The molecule has 9 nitrogen and oxygen atoms in total. The number of aliphatic hydroxyl groups excluding tert-OH is 1. The average Bonchev–Trinajstić information content (AvgIpc) is 2.74. The van der Waals surface area contributed by atoms with Crippen LogP contribution in [0.15, 0.2) is 24.5 Å². The molecule has 31 heavy (non-hydrogen) atoms. The Labute approximate surface area is 183 Å². The predicted molar refractivity (Wildman–Crippen MR) is 115 cm³/mol. The highest BCUT2D eigenvalue weighted by Gasteiger charge is 2.40. The third-order valence-electron chi connectivity index (χ3n) is 5.69. The molecule has 0 spiro atoms. The number of hydrogen-bond donors (Lipinski definition) is 2.